The van der Waals surface area contributed by atoms with Crippen molar-refractivity contribution in [3.05, 3.63) is 23.4 Å². The Morgan fingerprint density at radius 3 is 2.77 bits per heavy atom. The Balaban J connectivity index is 1.75. The van der Waals surface area contributed by atoms with E-state index >= 15 is 0 Å². The van der Waals surface area contributed by atoms with Gasteiger partial charge in [-0.25, -0.2) is 0 Å². The highest BCUT2D eigenvalue weighted by molar-refractivity contribution is 5.93. The number of carbonyl (C=O) groups is 1. The summed E-state index contributed by atoms with van der Waals surface area (Å²) in [5.74, 6) is 1.93. The summed E-state index contributed by atoms with van der Waals surface area (Å²) in [7, 11) is 3.28. The molecule has 2 N–H and O–H groups in total. The van der Waals surface area contributed by atoms with Gasteiger partial charge in [0.1, 0.15) is 5.41 Å². The van der Waals surface area contributed by atoms with Crippen molar-refractivity contribution in [1.29, 1.82) is 0 Å². The van der Waals surface area contributed by atoms with Crippen LogP contribution in [-0.2, 0) is 21.4 Å². The van der Waals surface area contributed by atoms with Crippen molar-refractivity contribution in [3.8, 4) is 11.5 Å². The van der Waals surface area contributed by atoms with Crippen LogP contribution < -0.4 is 9.47 Å². The first kappa shape index (κ1) is 20.6. The summed E-state index contributed by atoms with van der Waals surface area (Å²) in [6.07, 6.45) is 3.44. The highest BCUT2D eigenvalue weighted by Crippen LogP contribution is 2.55. The minimum atomic E-state index is -0.734. The molecule has 3 fully saturated rings. The monoisotopic (exact) mass is 428 g/mol. The Hall–Kier alpha value is -2.25. The first-order valence-electron chi connectivity index (χ1n) is 11.4. The minimum Gasteiger partial charge on any atom is -0.493 e. The molecule has 0 radical (unpaired) electrons. The third kappa shape index (κ3) is 2.89. The number of nitrogens with one attached hydrogen (secondary N) is 1. The van der Waals surface area contributed by atoms with E-state index < -0.39 is 5.41 Å². The van der Waals surface area contributed by atoms with Crippen molar-refractivity contribution in [2.24, 2.45) is 11.8 Å². The zero-order valence-corrected chi connectivity index (χ0v) is 18.6. The first-order valence-corrected chi connectivity index (χ1v) is 11.4. The normalized spacial score (nSPS) is 31.2. The fraction of sp³-hybridized carbons (Fsp3) is 0.625. The number of hydrogen-bond acceptors (Lipinski definition) is 6. The van der Waals surface area contributed by atoms with E-state index in [1.807, 2.05) is 19.1 Å². The van der Waals surface area contributed by atoms with Crippen LogP contribution in [0.1, 0.15) is 37.4 Å². The van der Waals surface area contributed by atoms with Crippen LogP contribution in [0.4, 0.5) is 0 Å². The standard InChI is InChI=1S/C24H32N2O5/c1-4-31-23(28)24-12-14-9-15(6-8-27)22(24)26(13-14)7-5-16-17-10-19(29-2)20(30-3)11-18(17)25-21(16)24/h10-11,14-15,22,25,27H,4-9,12-13H2,1-3H3/t14-,15?,22?,24?/m0/s1. The third-order valence-electron chi connectivity index (χ3n) is 7.73. The van der Waals surface area contributed by atoms with Crippen LogP contribution in [0.5, 0.6) is 11.5 Å². The molecule has 7 heteroatoms. The van der Waals surface area contributed by atoms with Crippen LogP contribution in [0.15, 0.2) is 12.1 Å². The summed E-state index contributed by atoms with van der Waals surface area (Å²) < 4.78 is 16.8. The molecule has 0 spiro atoms. The fourth-order valence-electron chi connectivity index (χ4n) is 6.77. The molecular formula is C24H32N2O5. The van der Waals surface area contributed by atoms with E-state index in [1.54, 1.807) is 14.2 Å². The van der Waals surface area contributed by atoms with E-state index in [4.69, 9.17) is 14.2 Å². The minimum absolute atomic E-state index is 0.0433. The number of benzene rings is 1. The third-order valence-corrected chi connectivity index (χ3v) is 7.73. The number of fused-ring (bicyclic) bond motifs is 4. The van der Waals surface area contributed by atoms with Crippen molar-refractivity contribution in [3.63, 3.8) is 0 Å². The second-order valence-corrected chi connectivity index (χ2v) is 9.19. The van der Waals surface area contributed by atoms with Crippen LogP contribution in [0.25, 0.3) is 10.9 Å². The molecule has 1 aromatic heterocycles. The molecule has 6 rings (SSSR count). The lowest BCUT2D eigenvalue weighted by molar-refractivity contribution is -0.165. The molecular weight excluding hydrogens is 396 g/mol. The summed E-state index contributed by atoms with van der Waals surface area (Å²) in [6, 6.07) is 4.03. The highest BCUT2D eigenvalue weighted by Gasteiger charge is 2.63. The Morgan fingerprint density at radius 2 is 2.06 bits per heavy atom. The van der Waals surface area contributed by atoms with Gasteiger partial charge in [0, 0.05) is 48.4 Å². The van der Waals surface area contributed by atoms with Gasteiger partial charge in [-0.05, 0) is 56.1 Å². The van der Waals surface area contributed by atoms with Gasteiger partial charge in [-0.3, -0.25) is 9.69 Å². The lowest BCUT2D eigenvalue weighted by atomic mass is 9.56. The van der Waals surface area contributed by atoms with Gasteiger partial charge in [-0.15, -0.1) is 0 Å². The molecule has 2 aromatic rings. The number of H-pyrrole nitrogens is 1. The predicted molar refractivity (Wildman–Crippen MR) is 117 cm³/mol. The van der Waals surface area contributed by atoms with Gasteiger partial charge < -0.3 is 24.3 Å². The molecule has 1 saturated carbocycles. The van der Waals surface area contributed by atoms with Crippen molar-refractivity contribution in [1.82, 2.24) is 9.88 Å². The summed E-state index contributed by atoms with van der Waals surface area (Å²) in [6.45, 7) is 4.30. The van der Waals surface area contributed by atoms with Gasteiger partial charge >= 0.3 is 5.97 Å². The van der Waals surface area contributed by atoms with Crippen molar-refractivity contribution >= 4 is 16.9 Å². The molecule has 4 aliphatic rings. The highest BCUT2D eigenvalue weighted by atomic mass is 16.5. The van der Waals surface area contributed by atoms with Crippen LogP contribution in [0, 0.1) is 11.8 Å². The summed E-state index contributed by atoms with van der Waals surface area (Å²) in [5.41, 5.74) is 2.40. The Morgan fingerprint density at radius 1 is 1.29 bits per heavy atom. The van der Waals surface area contributed by atoms with Crippen molar-refractivity contribution in [2.75, 3.05) is 40.5 Å². The maximum atomic E-state index is 13.7. The largest absolute Gasteiger partial charge is 0.493 e. The number of carbonyl (C=O) groups excluding carboxylic acids is 1. The maximum absolute atomic E-state index is 13.7. The smallest absolute Gasteiger partial charge is 0.319 e. The van der Waals surface area contributed by atoms with E-state index in [9.17, 15) is 9.90 Å². The number of methoxy groups -OCH3 is 2. The van der Waals surface area contributed by atoms with Gasteiger partial charge in [-0.1, -0.05) is 0 Å². The molecule has 1 aromatic carbocycles. The first-order chi connectivity index (χ1) is 15.1. The molecule has 31 heavy (non-hydrogen) atoms. The molecule has 4 heterocycles. The number of piperidine rings is 2. The summed E-state index contributed by atoms with van der Waals surface area (Å²) in [4.78, 5) is 19.9. The average Bonchev–Trinajstić information content (AvgIpc) is 3.10. The van der Waals surface area contributed by atoms with Crippen LogP contribution in [0.2, 0.25) is 0 Å². The molecule has 7 nitrogen and oxygen atoms in total. The molecule has 4 bridgehead atoms. The van der Waals surface area contributed by atoms with Gasteiger partial charge in [0.15, 0.2) is 11.5 Å². The number of aromatic amines is 1. The number of aliphatic hydroxyl groups is 1. The van der Waals surface area contributed by atoms with Crippen LogP contribution in [0.3, 0.4) is 0 Å². The second-order valence-electron chi connectivity index (χ2n) is 9.19. The molecule has 0 amide bonds. The number of rotatable bonds is 6. The lowest BCUT2D eigenvalue weighted by Gasteiger charge is -2.58. The molecule has 5 atom stereocenters. The number of aromatic nitrogens is 1. The summed E-state index contributed by atoms with van der Waals surface area (Å²) in [5, 5.41) is 10.8. The topological polar surface area (TPSA) is 84.0 Å². The number of ether oxygens (including phenoxy) is 3. The lowest BCUT2D eigenvalue weighted by Crippen LogP contribution is -2.67. The Kier molecular flexibility index (Phi) is 5.13. The van der Waals surface area contributed by atoms with Gasteiger partial charge in [0.05, 0.1) is 20.8 Å². The average molecular weight is 429 g/mol. The maximum Gasteiger partial charge on any atom is 0.319 e. The Labute approximate surface area is 182 Å². The molecule has 2 saturated heterocycles. The van der Waals surface area contributed by atoms with E-state index in [2.05, 4.69) is 9.88 Å². The van der Waals surface area contributed by atoms with Crippen LogP contribution in [-0.4, -0.2) is 67.5 Å². The predicted octanol–water partition coefficient (Wildman–Crippen LogP) is 2.63. The fourth-order valence-corrected chi connectivity index (χ4v) is 6.77. The second kappa shape index (κ2) is 7.71. The number of esters is 1. The van der Waals surface area contributed by atoms with E-state index in [-0.39, 0.29) is 24.5 Å². The van der Waals surface area contributed by atoms with Gasteiger partial charge in [-0.2, -0.15) is 0 Å². The van der Waals surface area contributed by atoms with E-state index in [0.29, 0.717) is 24.0 Å². The SMILES string of the molecule is CCOC(=O)C12C[C@@H]3CC(CCO)C1N(CCc1c2[nH]c2cc(OC)c(OC)cc12)C3. The number of nitrogens with zero attached hydrogens (tertiary/aromatic N) is 1. The quantitative estimate of drug-likeness (QED) is 0.689. The van der Waals surface area contributed by atoms with Crippen LogP contribution >= 0.6 is 0 Å². The molecule has 1 aliphatic carbocycles. The van der Waals surface area contributed by atoms with E-state index in [1.165, 1.54) is 5.56 Å². The zero-order valence-electron chi connectivity index (χ0n) is 18.6. The van der Waals surface area contributed by atoms with Gasteiger partial charge in [0.25, 0.3) is 0 Å². The van der Waals surface area contributed by atoms with Crippen molar-refractivity contribution < 1.29 is 24.1 Å². The van der Waals surface area contributed by atoms with Crippen molar-refractivity contribution in [2.45, 2.75) is 44.1 Å². The molecule has 4 unspecified atom stereocenters. The summed E-state index contributed by atoms with van der Waals surface area (Å²) >= 11 is 0. The molecule has 168 valence electrons. The molecule has 3 aliphatic heterocycles. The zero-order chi connectivity index (χ0) is 21.8. The van der Waals surface area contributed by atoms with Gasteiger partial charge in [0.2, 0.25) is 0 Å². The number of hydrogen-bond donors (Lipinski definition) is 2. The number of aliphatic hydroxyl groups excluding tert-OH is 1. The Bertz CT molecular complexity index is 1000. The van der Waals surface area contributed by atoms with E-state index in [0.717, 1.165) is 55.4 Å².